The quantitative estimate of drug-likeness (QED) is 0.588. The molecule has 6 nitrogen and oxygen atoms in total. The molecule has 0 aliphatic rings. The fraction of sp³-hybridized carbons (Fsp3) is 0.105. The van der Waals surface area contributed by atoms with E-state index in [1.54, 1.807) is 35.9 Å². The smallest absolute Gasteiger partial charge is 0.271 e. The molecule has 25 heavy (non-hydrogen) atoms. The van der Waals surface area contributed by atoms with Crippen LogP contribution in [0.2, 0.25) is 0 Å². The number of para-hydroxylation sites is 1. The van der Waals surface area contributed by atoms with Crippen LogP contribution in [-0.4, -0.2) is 29.7 Å². The molecule has 1 amide bonds. The fourth-order valence-corrected chi connectivity index (χ4v) is 2.59. The molecule has 126 valence electrons. The van der Waals surface area contributed by atoms with Gasteiger partial charge in [0, 0.05) is 17.9 Å². The molecule has 0 bridgehead atoms. The van der Waals surface area contributed by atoms with Gasteiger partial charge in [-0.15, -0.1) is 0 Å². The first-order valence-corrected chi connectivity index (χ1v) is 7.69. The molecular weight excluding hydrogens is 318 g/mol. The highest BCUT2D eigenvalue weighted by Gasteiger charge is 2.10. The van der Waals surface area contributed by atoms with Gasteiger partial charge in [-0.2, -0.15) is 5.10 Å². The van der Waals surface area contributed by atoms with Crippen molar-refractivity contribution in [3.05, 3.63) is 65.9 Å². The second-order valence-electron chi connectivity index (χ2n) is 5.41. The summed E-state index contributed by atoms with van der Waals surface area (Å²) in [5.41, 5.74) is 4.33. The minimum atomic E-state index is -0.343. The lowest BCUT2D eigenvalue weighted by molar-refractivity contribution is 0.0938. The zero-order valence-corrected chi connectivity index (χ0v) is 13.9. The highest BCUT2D eigenvalue weighted by atomic mass is 16.5. The predicted molar refractivity (Wildman–Crippen MR) is 96.3 cm³/mol. The third-order valence-electron chi connectivity index (χ3n) is 3.77. The summed E-state index contributed by atoms with van der Waals surface area (Å²) in [6.45, 7) is 1.49. The Hall–Kier alpha value is -3.41. The molecule has 0 saturated heterocycles. The van der Waals surface area contributed by atoms with Crippen LogP contribution in [-0.2, 0) is 0 Å². The van der Waals surface area contributed by atoms with Crippen LogP contribution in [0.15, 0.2) is 59.7 Å². The number of methoxy groups -OCH3 is 1. The van der Waals surface area contributed by atoms with Gasteiger partial charge in [0.25, 0.3) is 5.91 Å². The maximum absolute atomic E-state index is 12.1. The first kappa shape index (κ1) is 16.4. The van der Waals surface area contributed by atoms with E-state index in [-0.39, 0.29) is 11.8 Å². The molecule has 0 atom stereocenters. The van der Waals surface area contributed by atoms with Gasteiger partial charge in [0.2, 0.25) is 5.91 Å². The van der Waals surface area contributed by atoms with Gasteiger partial charge in [-0.1, -0.05) is 18.2 Å². The number of aromatic nitrogens is 1. The maximum atomic E-state index is 12.1. The van der Waals surface area contributed by atoms with Crippen LogP contribution >= 0.6 is 0 Å². The Morgan fingerprint density at radius 3 is 2.52 bits per heavy atom. The average molecular weight is 335 g/mol. The van der Waals surface area contributed by atoms with Crippen molar-refractivity contribution in [1.29, 1.82) is 0 Å². The van der Waals surface area contributed by atoms with E-state index in [1.807, 2.05) is 30.3 Å². The highest BCUT2D eigenvalue weighted by Crippen LogP contribution is 2.18. The second kappa shape index (κ2) is 7.00. The first-order chi connectivity index (χ1) is 12.1. The lowest BCUT2D eigenvalue weighted by Gasteiger charge is -2.03. The van der Waals surface area contributed by atoms with Crippen LogP contribution in [0.1, 0.15) is 27.8 Å². The van der Waals surface area contributed by atoms with E-state index in [9.17, 15) is 9.59 Å². The monoisotopic (exact) mass is 335 g/mol. The summed E-state index contributed by atoms with van der Waals surface area (Å²) >= 11 is 0. The fourth-order valence-electron chi connectivity index (χ4n) is 2.59. The third-order valence-corrected chi connectivity index (χ3v) is 3.77. The number of rotatable bonds is 4. The number of hydrazone groups is 1. The topological polar surface area (TPSA) is 72.7 Å². The Morgan fingerprint density at radius 1 is 1.12 bits per heavy atom. The van der Waals surface area contributed by atoms with Crippen LogP contribution in [0.3, 0.4) is 0 Å². The summed E-state index contributed by atoms with van der Waals surface area (Å²) in [6.07, 6.45) is 1.46. The number of amides is 1. The Morgan fingerprint density at radius 2 is 1.84 bits per heavy atom. The summed E-state index contributed by atoms with van der Waals surface area (Å²) in [5.74, 6) is 0.208. The molecule has 0 spiro atoms. The van der Waals surface area contributed by atoms with Crippen LogP contribution in [0.4, 0.5) is 0 Å². The molecule has 3 rings (SSSR count). The van der Waals surface area contributed by atoms with Gasteiger partial charge in [-0.05, 0) is 36.4 Å². The van der Waals surface area contributed by atoms with Crippen molar-refractivity contribution in [2.24, 2.45) is 5.10 Å². The average Bonchev–Trinajstić information content (AvgIpc) is 3.00. The molecule has 0 radical (unpaired) electrons. The van der Waals surface area contributed by atoms with Crippen LogP contribution < -0.4 is 10.2 Å². The van der Waals surface area contributed by atoms with Crippen molar-refractivity contribution in [2.45, 2.75) is 6.92 Å². The van der Waals surface area contributed by atoms with E-state index < -0.39 is 0 Å². The number of hydrogen-bond donors (Lipinski definition) is 1. The van der Waals surface area contributed by atoms with E-state index in [0.29, 0.717) is 17.0 Å². The number of hydrogen-bond acceptors (Lipinski definition) is 4. The number of ether oxygens (including phenoxy) is 1. The van der Waals surface area contributed by atoms with Gasteiger partial charge in [-0.3, -0.25) is 14.2 Å². The van der Waals surface area contributed by atoms with E-state index in [0.717, 1.165) is 10.9 Å². The van der Waals surface area contributed by atoms with Crippen molar-refractivity contribution >= 4 is 28.9 Å². The summed E-state index contributed by atoms with van der Waals surface area (Å²) in [4.78, 5) is 24.0. The van der Waals surface area contributed by atoms with E-state index >= 15 is 0 Å². The third kappa shape index (κ3) is 3.42. The largest absolute Gasteiger partial charge is 0.497 e. The molecule has 0 aliphatic heterocycles. The highest BCUT2D eigenvalue weighted by molar-refractivity contribution is 6.00. The Labute approximate surface area is 144 Å². The minimum Gasteiger partial charge on any atom is -0.497 e. The summed E-state index contributed by atoms with van der Waals surface area (Å²) in [5, 5.41) is 4.90. The first-order valence-electron chi connectivity index (χ1n) is 7.69. The molecule has 0 aliphatic carbocycles. The maximum Gasteiger partial charge on any atom is 0.271 e. The number of fused-ring (bicyclic) bond motifs is 1. The van der Waals surface area contributed by atoms with Crippen molar-refractivity contribution in [1.82, 2.24) is 9.99 Å². The number of benzene rings is 2. The number of carbonyl (C=O) groups is 2. The minimum absolute atomic E-state index is 0.121. The van der Waals surface area contributed by atoms with Crippen molar-refractivity contribution in [2.75, 3.05) is 7.11 Å². The van der Waals surface area contributed by atoms with Gasteiger partial charge in [-0.25, -0.2) is 5.43 Å². The number of nitrogens with one attached hydrogen (secondary N) is 1. The number of nitrogens with zero attached hydrogens (tertiary/aromatic N) is 2. The molecule has 1 N–H and O–H groups in total. The van der Waals surface area contributed by atoms with Crippen LogP contribution in [0, 0.1) is 0 Å². The van der Waals surface area contributed by atoms with E-state index in [4.69, 9.17) is 4.74 Å². The molecular formula is C19H17N3O3. The summed E-state index contributed by atoms with van der Waals surface area (Å²) < 4.78 is 6.61. The molecule has 0 unspecified atom stereocenters. The Kier molecular flexibility index (Phi) is 4.61. The standard InChI is InChI=1S/C19H17N3O3/c1-13(23)22-16(11-15-5-3-4-6-18(15)22)12-20-21-19(24)14-7-9-17(25-2)10-8-14/h3-12H,1-2H3,(H,21,24). The van der Waals surface area contributed by atoms with E-state index in [1.165, 1.54) is 13.1 Å². The van der Waals surface area contributed by atoms with Gasteiger partial charge in [0.05, 0.1) is 24.5 Å². The summed E-state index contributed by atoms with van der Waals surface area (Å²) in [6, 6.07) is 16.1. The van der Waals surface area contributed by atoms with Gasteiger partial charge in [0.15, 0.2) is 0 Å². The lowest BCUT2D eigenvalue weighted by atomic mass is 10.2. The summed E-state index contributed by atoms with van der Waals surface area (Å²) in [7, 11) is 1.56. The lowest BCUT2D eigenvalue weighted by Crippen LogP contribution is -2.18. The zero-order valence-electron chi connectivity index (χ0n) is 13.9. The van der Waals surface area contributed by atoms with Crippen molar-refractivity contribution in [3.8, 4) is 5.75 Å². The predicted octanol–water partition coefficient (Wildman–Crippen LogP) is 3.07. The van der Waals surface area contributed by atoms with Crippen LogP contribution in [0.25, 0.3) is 10.9 Å². The van der Waals surface area contributed by atoms with Gasteiger partial charge < -0.3 is 4.74 Å². The second-order valence-corrected chi connectivity index (χ2v) is 5.41. The molecule has 0 saturated carbocycles. The molecule has 0 fully saturated rings. The van der Waals surface area contributed by atoms with Crippen LogP contribution in [0.5, 0.6) is 5.75 Å². The Bertz CT molecular complexity index is 956. The van der Waals surface area contributed by atoms with Crippen molar-refractivity contribution < 1.29 is 14.3 Å². The molecule has 3 aromatic rings. The molecule has 2 aromatic carbocycles. The zero-order chi connectivity index (χ0) is 17.8. The number of carbonyl (C=O) groups excluding carboxylic acids is 2. The normalized spacial score (nSPS) is 11.0. The van der Waals surface area contributed by atoms with E-state index in [2.05, 4.69) is 10.5 Å². The van der Waals surface area contributed by atoms with Gasteiger partial charge in [0.1, 0.15) is 5.75 Å². The molecule has 6 heteroatoms. The van der Waals surface area contributed by atoms with Crippen molar-refractivity contribution in [3.63, 3.8) is 0 Å². The SMILES string of the molecule is COc1ccc(C(=O)NN=Cc2cc3ccccc3n2C(C)=O)cc1. The molecule has 1 heterocycles. The van der Waals surface area contributed by atoms with Gasteiger partial charge >= 0.3 is 0 Å². The Balaban J connectivity index is 1.80. The molecule has 1 aromatic heterocycles.